The number of hydrogen-bond acceptors (Lipinski definition) is 4. The van der Waals surface area contributed by atoms with Crippen LogP contribution < -0.4 is 19.5 Å². The number of rotatable bonds is 5. The maximum atomic E-state index is 13.1. The van der Waals surface area contributed by atoms with Crippen molar-refractivity contribution in [3.63, 3.8) is 0 Å². The second-order valence-corrected chi connectivity index (χ2v) is 5.35. The van der Waals surface area contributed by atoms with E-state index in [1.165, 1.54) is 51.7 Å². The number of carbonyl (C=O) groups excluding carboxylic acids is 1. The van der Waals surface area contributed by atoms with E-state index in [2.05, 4.69) is 21.2 Å². The van der Waals surface area contributed by atoms with E-state index in [0.29, 0.717) is 33.0 Å². The van der Waals surface area contributed by atoms with Gasteiger partial charge in [-0.3, -0.25) is 4.79 Å². The van der Waals surface area contributed by atoms with Crippen LogP contribution in [0.1, 0.15) is 10.4 Å². The van der Waals surface area contributed by atoms with Gasteiger partial charge in [-0.2, -0.15) is 0 Å². The molecule has 0 aliphatic rings. The Morgan fingerprint density at radius 2 is 1.65 bits per heavy atom. The van der Waals surface area contributed by atoms with Crippen LogP contribution in [0, 0.1) is 5.82 Å². The predicted molar refractivity (Wildman–Crippen MR) is 88.2 cm³/mol. The van der Waals surface area contributed by atoms with Gasteiger partial charge in [0.25, 0.3) is 5.91 Å². The molecule has 0 bridgehead atoms. The molecule has 23 heavy (non-hydrogen) atoms. The highest BCUT2D eigenvalue weighted by atomic mass is 79.9. The van der Waals surface area contributed by atoms with Crippen molar-refractivity contribution >= 4 is 27.5 Å². The molecule has 0 saturated carbocycles. The first kappa shape index (κ1) is 17.1. The van der Waals surface area contributed by atoms with Crippen molar-refractivity contribution in [2.24, 2.45) is 0 Å². The average molecular weight is 384 g/mol. The van der Waals surface area contributed by atoms with Crippen LogP contribution in [-0.4, -0.2) is 27.2 Å². The van der Waals surface area contributed by atoms with Crippen molar-refractivity contribution in [3.8, 4) is 17.2 Å². The Bertz CT molecular complexity index is 711. The van der Waals surface area contributed by atoms with Crippen molar-refractivity contribution in [1.82, 2.24) is 0 Å². The highest BCUT2D eigenvalue weighted by Gasteiger charge is 2.17. The molecule has 0 saturated heterocycles. The molecule has 0 unspecified atom stereocenters. The number of hydrogen-bond donors (Lipinski definition) is 1. The van der Waals surface area contributed by atoms with Crippen molar-refractivity contribution in [3.05, 3.63) is 46.2 Å². The fourth-order valence-corrected chi connectivity index (χ4v) is 2.45. The summed E-state index contributed by atoms with van der Waals surface area (Å²) in [5.74, 6) is 0.346. The van der Waals surface area contributed by atoms with Crippen LogP contribution in [0.5, 0.6) is 17.2 Å². The molecule has 0 heterocycles. The standard InChI is InChI=1S/C16H15BrFNO4/c1-21-13-6-9(7-14(22-2)15(13)23-3)16(20)19-12-5-4-10(18)8-11(12)17/h4-8H,1-3H3,(H,19,20). The van der Waals surface area contributed by atoms with Gasteiger partial charge in [-0.1, -0.05) is 0 Å². The summed E-state index contributed by atoms with van der Waals surface area (Å²) in [6, 6.07) is 7.07. The molecule has 0 radical (unpaired) electrons. The highest BCUT2D eigenvalue weighted by Crippen LogP contribution is 2.38. The smallest absolute Gasteiger partial charge is 0.255 e. The molecule has 0 aromatic heterocycles. The summed E-state index contributed by atoms with van der Waals surface area (Å²) in [7, 11) is 4.42. The van der Waals surface area contributed by atoms with E-state index in [4.69, 9.17) is 14.2 Å². The zero-order valence-corrected chi connectivity index (χ0v) is 14.4. The number of amides is 1. The number of ether oxygens (including phenoxy) is 3. The van der Waals surface area contributed by atoms with E-state index >= 15 is 0 Å². The zero-order chi connectivity index (χ0) is 17.0. The summed E-state index contributed by atoms with van der Waals surface area (Å²) in [4.78, 5) is 12.4. The molecule has 122 valence electrons. The SMILES string of the molecule is COc1cc(C(=O)Nc2ccc(F)cc2Br)cc(OC)c1OC. The Morgan fingerprint density at radius 1 is 1.04 bits per heavy atom. The first-order valence-corrected chi connectivity index (χ1v) is 7.35. The zero-order valence-electron chi connectivity index (χ0n) is 12.8. The lowest BCUT2D eigenvalue weighted by molar-refractivity contribution is 0.102. The molecule has 0 atom stereocenters. The summed E-state index contributed by atoms with van der Waals surface area (Å²) in [6.07, 6.45) is 0. The fraction of sp³-hybridized carbons (Fsp3) is 0.188. The van der Waals surface area contributed by atoms with Crippen LogP contribution in [-0.2, 0) is 0 Å². The minimum Gasteiger partial charge on any atom is -0.493 e. The van der Waals surface area contributed by atoms with Gasteiger partial charge in [0.1, 0.15) is 5.82 Å². The lowest BCUT2D eigenvalue weighted by Crippen LogP contribution is -2.13. The second kappa shape index (κ2) is 7.32. The summed E-state index contributed by atoms with van der Waals surface area (Å²) in [5.41, 5.74) is 0.765. The van der Waals surface area contributed by atoms with Gasteiger partial charge in [0.05, 0.1) is 27.0 Å². The Balaban J connectivity index is 2.35. The van der Waals surface area contributed by atoms with Crippen LogP contribution in [0.2, 0.25) is 0 Å². The molecule has 1 N–H and O–H groups in total. The second-order valence-electron chi connectivity index (χ2n) is 4.49. The summed E-state index contributed by atoms with van der Waals surface area (Å²) in [5, 5.41) is 2.69. The van der Waals surface area contributed by atoms with Gasteiger partial charge < -0.3 is 19.5 Å². The van der Waals surface area contributed by atoms with Crippen LogP contribution in [0.4, 0.5) is 10.1 Å². The van der Waals surface area contributed by atoms with Gasteiger partial charge in [-0.05, 0) is 46.3 Å². The van der Waals surface area contributed by atoms with Crippen molar-refractivity contribution in [2.45, 2.75) is 0 Å². The predicted octanol–water partition coefficient (Wildman–Crippen LogP) is 3.87. The van der Waals surface area contributed by atoms with Crippen LogP contribution in [0.15, 0.2) is 34.8 Å². The van der Waals surface area contributed by atoms with Gasteiger partial charge in [0.2, 0.25) is 5.75 Å². The molecular weight excluding hydrogens is 369 g/mol. The van der Waals surface area contributed by atoms with E-state index < -0.39 is 11.7 Å². The minimum atomic E-state index is -0.400. The lowest BCUT2D eigenvalue weighted by Gasteiger charge is -2.14. The molecule has 7 heteroatoms. The molecule has 2 rings (SSSR count). The molecular formula is C16H15BrFNO4. The average Bonchev–Trinajstić information content (AvgIpc) is 2.55. The Hall–Kier alpha value is -2.28. The van der Waals surface area contributed by atoms with Gasteiger partial charge in [0.15, 0.2) is 11.5 Å². The third-order valence-corrected chi connectivity index (χ3v) is 3.76. The number of carbonyl (C=O) groups is 1. The molecule has 2 aromatic carbocycles. The van der Waals surface area contributed by atoms with Gasteiger partial charge in [0, 0.05) is 10.0 Å². The quantitative estimate of drug-likeness (QED) is 0.851. The summed E-state index contributed by atoms with van der Waals surface area (Å²) in [6.45, 7) is 0. The van der Waals surface area contributed by atoms with Gasteiger partial charge in [-0.25, -0.2) is 4.39 Å². The van der Waals surface area contributed by atoms with E-state index in [1.807, 2.05) is 0 Å². The Labute approximate surface area is 141 Å². The topological polar surface area (TPSA) is 56.8 Å². The maximum Gasteiger partial charge on any atom is 0.255 e. The normalized spacial score (nSPS) is 10.1. The van der Waals surface area contributed by atoms with Crippen LogP contribution in [0.25, 0.3) is 0 Å². The van der Waals surface area contributed by atoms with E-state index in [0.717, 1.165) is 0 Å². The maximum absolute atomic E-state index is 13.1. The molecule has 0 spiro atoms. The third-order valence-electron chi connectivity index (χ3n) is 3.11. The first-order chi connectivity index (χ1) is 11.0. The molecule has 0 aliphatic carbocycles. The van der Waals surface area contributed by atoms with E-state index in [9.17, 15) is 9.18 Å². The number of methoxy groups -OCH3 is 3. The number of halogens is 2. The van der Waals surface area contributed by atoms with Crippen LogP contribution in [0.3, 0.4) is 0 Å². The molecule has 0 aliphatic heterocycles. The Kier molecular flexibility index (Phi) is 5.44. The molecule has 0 fully saturated rings. The third kappa shape index (κ3) is 3.73. The van der Waals surface area contributed by atoms with E-state index in [1.54, 1.807) is 0 Å². The first-order valence-electron chi connectivity index (χ1n) is 6.56. The number of nitrogens with one attached hydrogen (secondary N) is 1. The molecule has 5 nitrogen and oxygen atoms in total. The fourth-order valence-electron chi connectivity index (χ4n) is 2.00. The number of anilines is 1. The lowest BCUT2D eigenvalue weighted by atomic mass is 10.1. The van der Waals surface area contributed by atoms with Crippen LogP contribution >= 0.6 is 15.9 Å². The largest absolute Gasteiger partial charge is 0.493 e. The molecule has 2 aromatic rings. The summed E-state index contributed by atoms with van der Waals surface area (Å²) >= 11 is 3.20. The van der Waals surface area contributed by atoms with Gasteiger partial charge >= 0.3 is 0 Å². The van der Waals surface area contributed by atoms with Crippen molar-refractivity contribution in [1.29, 1.82) is 0 Å². The molecule has 1 amide bonds. The van der Waals surface area contributed by atoms with Crippen molar-refractivity contribution < 1.29 is 23.4 Å². The number of benzene rings is 2. The monoisotopic (exact) mass is 383 g/mol. The minimum absolute atomic E-state index is 0.315. The highest BCUT2D eigenvalue weighted by molar-refractivity contribution is 9.10. The van der Waals surface area contributed by atoms with Crippen molar-refractivity contribution in [2.75, 3.05) is 26.6 Å². The summed E-state index contributed by atoms with van der Waals surface area (Å²) < 4.78 is 29.2. The van der Waals surface area contributed by atoms with Gasteiger partial charge in [-0.15, -0.1) is 0 Å². The van der Waals surface area contributed by atoms with E-state index in [-0.39, 0.29) is 0 Å². The Morgan fingerprint density at radius 3 is 2.13 bits per heavy atom.